The monoisotopic (exact) mass is 189 g/mol. The number of nitrogens with zero attached hydrogens (tertiary/aromatic N) is 1. The molecule has 0 aromatic carbocycles. The minimum atomic E-state index is 0.447. The Morgan fingerprint density at radius 3 is 3.00 bits per heavy atom. The highest BCUT2D eigenvalue weighted by molar-refractivity contribution is 7.99. The first-order valence-corrected chi connectivity index (χ1v) is 5.69. The average Bonchev–Trinajstić information content (AvgIpc) is 2.10. The molecule has 12 heavy (non-hydrogen) atoms. The van der Waals surface area contributed by atoms with Crippen LogP contribution < -0.4 is 11.3 Å². The highest BCUT2D eigenvalue weighted by Gasteiger charge is 2.25. The summed E-state index contributed by atoms with van der Waals surface area (Å²) in [5.41, 5.74) is 2.90. The van der Waals surface area contributed by atoms with Gasteiger partial charge >= 0.3 is 0 Å². The van der Waals surface area contributed by atoms with Crippen LogP contribution in [0, 0.1) is 0 Å². The summed E-state index contributed by atoms with van der Waals surface area (Å²) in [6, 6.07) is 1.06. The summed E-state index contributed by atoms with van der Waals surface area (Å²) in [4.78, 5) is 2.41. The van der Waals surface area contributed by atoms with Gasteiger partial charge in [0.1, 0.15) is 0 Å². The third-order valence-electron chi connectivity index (χ3n) is 2.56. The third-order valence-corrected chi connectivity index (χ3v) is 3.61. The zero-order valence-electron chi connectivity index (χ0n) is 7.92. The lowest BCUT2D eigenvalue weighted by Crippen LogP contribution is -2.54. The van der Waals surface area contributed by atoms with Gasteiger partial charge < -0.3 is 4.90 Å². The van der Waals surface area contributed by atoms with E-state index < -0.39 is 0 Å². The molecule has 1 aliphatic rings. The second kappa shape index (κ2) is 5.07. The van der Waals surface area contributed by atoms with Crippen LogP contribution in [0.25, 0.3) is 0 Å². The van der Waals surface area contributed by atoms with E-state index in [2.05, 4.69) is 24.3 Å². The third kappa shape index (κ3) is 2.36. The molecular formula is C8H19N3S. The molecular weight excluding hydrogens is 170 g/mol. The Balaban J connectivity index is 2.45. The maximum absolute atomic E-state index is 5.49. The summed E-state index contributed by atoms with van der Waals surface area (Å²) in [7, 11) is 2.18. The first-order chi connectivity index (χ1) is 5.79. The van der Waals surface area contributed by atoms with Crippen LogP contribution in [0.3, 0.4) is 0 Å². The van der Waals surface area contributed by atoms with E-state index in [1.165, 1.54) is 18.1 Å². The van der Waals surface area contributed by atoms with Gasteiger partial charge in [-0.05, 0) is 13.5 Å². The predicted octanol–water partition coefficient (Wildman–Crippen LogP) is 0.276. The molecule has 3 nitrogen and oxygen atoms in total. The molecule has 1 fully saturated rings. The van der Waals surface area contributed by atoms with Gasteiger partial charge in [0.05, 0.1) is 0 Å². The molecule has 0 bridgehead atoms. The van der Waals surface area contributed by atoms with Crippen LogP contribution in [0.2, 0.25) is 0 Å². The maximum atomic E-state index is 5.49. The van der Waals surface area contributed by atoms with Gasteiger partial charge in [-0.3, -0.25) is 11.3 Å². The van der Waals surface area contributed by atoms with Crippen LogP contribution in [-0.2, 0) is 0 Å². The summed E-state index contributed by atoms with van der Waals surface area (Å²) < 4.78 is 0. The van der Waals surface area contributed by atoms with E-state index in [4.69, 9.17) is 5.84 Å². The molecule has 0 aromatic heterocycles. The summed E-state index contributed by atoms with van der Waals surface area (Å²) in [6.07, 6.45) is 1.10. The quantitative estimate of drug-likeness (QED) is 0.494. The number of hydrogen-bond acceptors (Lipinski definition) is 4. The van der Waals surface area contributed by atoms with Gasteiger partial charge in [0.2, 0.25) is 0 Å². The fraction of sp³-hybridized carbons (Fsp3) is 1.00. The summed E-state index contributed by atoms with van der Waals surface area (Å²) >= 11 is 2.03. The SMILES string of the molecule is CCC(NN)C1CSCCN1C. The van der Waals surface area contributed by atoms with Gasteiger partial charge in [0.25, 0.3) is 0 Å². The number of nitrogens with two attached hydrogens (primary N) is 1. The second-order valence-electron chi connectivity index (χ2n) is 3.30. The highest BCUT2D eigenvalue weighted by Crippen LogP contribution is 2.18. The molecule has 3 N–H and O–H groups in total. The minimum Gasteiger partial charge on any atom is -0.300 e. The van der Waals surface area contributed by atoms with Crippen LogP contribution in [0.15, 0.2) is 0 Å². The van der Waals surface area contributed by atoms with Crippen molar-refractivity contribution in [2.45, 2.75) is 25.4 Å². The lowest BCUT2D eigenvalue weighted by atomic mass is 10.1. The molecule has 0 aromatic rings. The molecule has 4 heteroatoms. The van der Waals surface area contributed by atoms with Crippen molar-refractivity contribution in [1.82, 2.24) is 10.3 Å². The predicted molar refractivity (Wildman–Crippen MR) is 55.1 cm³/mol. The van der Waals surface area contributed by atoms with Crippen molar-refractivity contribution in [3.8, 4) is 0 Å². The van der Waals surface area contributed by atoms with Crippen LogP contribution in [0.4, 0.5) is 0 Å². The van der Waals surface area contributed by atoms with Gasteiger partial charge in [0, 0.05) is 30.1 Å². The summed E-state index contributed by atoms with van der Waals surface area (Å²) in [5, 5.41) is 0. The molecule has 0 spiro atoms. The van der Waals surface area contributed by atoms with E-state index in [1.54, 1.807) is 0 Å². The minimum absolute atomic E-state index is 0.447. The van der Waals surface area contributed by atoms with Crippen molar-refractivity contribution in [2.24, 2.45) is 5.84 Å². The van der Waals surface area contributed by atoms with Crippen LogP contribution in [-0.4, -0.2) is 42.1 Å². The van der Waals surface area contributed by atoms with Crippen LogP contribution >= 0.6 is 11.8 Å². The van der Waals surface area contributed by atoms with Gasteiger partial charge in [-0.25, -0.2) is 0 Å². The number of thioether (sulfide) groups is 1. The smallest absolute Gasteiger partial charge is 0.0371 e. The van der Waals surface area contributed by atoms with E-state index in [-0.39, 0.29) is 0 Å². The van der Waals surface area contributed by atoms with Crippen molar-refractivity contribution in [3.05, 3.63) is 0 Å². The molecule has 0 amide bonds. The standard InChI is InChI=1S/C8H19N3S/c1-3-7(10-9)8-6-12-5-4-11(8)2/h7-8,10H,3-6,9H2,1-2H3. The van der Waals surface area contributed by atoms with Gasteiger partial charge in [-0.2, -0.15) is 11.8 Å². The Bertz CT molecular complexity index is 127. The van der Waals surface area contributed by atoms with Crippen molar-refractivity contribution >= 4 is 11.8 Å². The van der Waals surface area contributed by atoms with E-state index in [9.17, 15) is 0 Å². The van der Waals surface area contributed by atoms with E-state index in [0.717, 1.165) is 6.42 Å². The lowest BCUT2D eigenvalue weighted by molar-refractivity contribution is 0.212. The van der Waals surface area contributed by atoms with Crippen molar-refractivity contribution in [1.29, 1.82) is 0 Å². The fourth-order valence-electron chi connectivity index (χ4n) is 1.63. The Morgan fingerprint density at radius 1 is 1.75 bits per heavy atom. The largest absolute Gasteiger partial charge is 0.300 e. The first kappa shape index (κ1) is 10.3. The molecule has 0 radical (unpaired) electrons. The zero-order valence-corrected chi connectivity index (χ0v) is 8.73. The summed E-state index contributed by atoms with van der Waals surface area (Å²) in [6.45, 7) is 3.37. The average molecular weight is 189 g/mol. The number of nitrogens with one attached hydrogen (secondary N) is 1. The van der Waals surface area contributed by atoms with Crippen molar-refractivity contribution < 1.29 is 0 Å². The van der Waals surface area contributed by atoms with Crippen molar-refractivity contribution in [2.75, 3.05) is 25.1 Å². The van der Waals surface area contributed by atoms with Gasteiger partial charge in [0.15, 0.2) is 0 Å². The lowest BCUT2D eigenvalue weighted by Gasteiger charge is -2.37. The van der Waals surface area contributed by atoms with Gasteiger partial charge in [-0.1, -0.05) is 6.92 Å². The Morgan fingerprint density at radius 2 is 2.50 bits per heavy atom. The molecule has 1 saturated heterocycles. The second-order valence-corrected chi connectivity index (χ2v) is 4.45. The maximum Gasteiger partial charge on any atom is 0.0371 e. The topological polar surface area (TPSA) is 41.3 Å². The zero-order chi connectivity index (χ0) is 8.97. The molecule has 1 heterocycles. The van der Waals surface area contributed by atoms with Crippen LogP contribution in [0.5, 0.6) is 0 Å². The van der Waals surface area contributed by atoms with Crippen molar-refractivity contribution in [3.63, 3.8) is 0 Å². The normalized spacial score (nSPS) is 28.8. The van der Waals surface area contributed by atoms with E-state index >= 15 is 0 Å². The Kier molecular flexibility index (Phi) is 4.35. The number of likely N-dealkylation sites (N-methyl/N-ethyl adjacent to an activating group) is 1. The van der Waals surface area contributed by atoms with Gasteiger partial charge in [-0.15, -0.1) is 0 Å². The molecule has 1 aliphatic heterocycles. The molecule has 2 unspecified atom stereocenters. The fourth-order valence-corrected chi connectivity index (χ4v) is 2.94. The summed E-state index contributed by atoms with van der Waals surface area (Å²) in [5.74, 6) is 7.96. The number of hydrazine groups is 1. The molecule has 72 valence electrons. The van der Waals surface area contributed by atoms with E-state index in [0.29, 0.717) is 12.1 Å². The number of hydrogen-bond donors (Lipinski definition) is 2. The molecule has 0 saturated carbocycles. The van der Waals surface area contributed by atoms with E-state index in [1.807, 2.05) is 11.8 Å². The molecule has 0 aliphatic carbocycles. The number of rotatable bonds is 3. The molecule has 2 atom stereocenters. The Hall–Kier alpha value is 0.230. The Labute approximate surface area is 79.0 Å². The molecule has 1 rings (SSSR count). The van der Waals surface area contributed by atoms with Crippen LogP contribution in [0.1, 0.15) is 13.3 Å². The highest BCUT2D eigenvalue weighted by atomic mass is 32.2. The first-order valence-electron chi connectivity index (χ1n) is 4.53.